The number of benzene rings is 2. The van der Waals surface area contributed by atoms with Crippen molar-refractivity contribution in [3.05, 3.63) is 149 Å². The van der Waals surface area contributed by atoms with Crippen LogP contribution in [0.3, 0.4) is 0 Å². The van der Waals surface area contributed by atoms with E-state index in [2.05, 4.69) is 0 Å². The lowest BCUT2D eigenvalue weighted by molar-refractivity contribution is 0.403. The van der Waals surface area contributed by atoms with Crippen LogP contribution in [0.2, 0.25) is 10.0 Å². The lowest BCUT2D eigenvalue weighted by Gasteiger charge is -2.29. The van der Waals surface area contributed by atoms with Gasteiger partial charge in [0.05, 0.1) is 35.1 Å². The fourth-order valence-electron chi connectivity index (χ4n) is 5.46. The maximum Gasteiger partial charge on any atom is 0.263 e. The number of aromatic nitrogens is 2. The number of hydrogen-bond acceptors (Lipinski definition) is 7. The van der Waals surface area contributed by atoms with E-state index >= 15 is 0 Å². The highest BCUT2D eigenvalue weighted by Gasteiger charge is 2.47. The first kappa shape index (κ1) is 26.3. The van der Waals surface area contributed by atoms with Crippen molar-refractivity contribution in [2.45, 2.75) is 5.79 Å². The summed E-state index contributed by atoms with van der Waals surface area (Å²) in [4.78, 5) is 15.9. The fourth-order valence-corrected chi connectivity index (χ4v) is 5.94. The number of furan rings is 4. The second kappa shape index (κ2) is 10.4. The monoisotopic (exact) mass is 618 g/mol. The van der Waals surface area contributed by atoms with Crippen LogP contribution in [0.1, 0.15) is 17.1 Å². The zero-order chi connectivity index (χ0) is 29.7. The molecule has 44 heavy (non-hydrogen) atoms. The topological polar surface area (TPSA) is 95.1 Å². The summed E-state index contributed by atoms with van der Waals surface area (Å²) in [6.07, 6.45) is 6.36. The Morgan fingerprint density at radius 2 is 1.07 bits per heavy atom. The minimum absolute atomic E-state index is 0.434. The summed E-state index contributed by atoms with van der Waals surface area (Å²) in [5.74, 6) is 0.905. The molecule has 1 aliphatic rings. The highest BCUT2D eigenvalue weighted by atomic mass is 35.5. The molecule has 8 nitrogen and oxygen atoms in total. The predicted octanol–water partition coefficient (Wildman–Crippen LogP) is 9.21. The highest BCUT2D eigenvalue weighted by Crippen LogP contribution is 2.48. The van der Waals surface area contributed by atoms with Crippen molar-refractivity contribution in [2.75, 3.05) is 0 Å². The molecule has 214 valence electrons. The standard InChI is InChI=1S/C34H20Cl2N4O4/c35-23-11-3-1-9-21(23)33-37-31(27-15-7-19-43-27)32(28-16-8-20-44-28)40(33)34(22-10-2-4-12-24(22)36)38-29(25-13-5-17-41-25)30(39-34)26-14-6-18-42-26/h1-20H. The number of nitrogens with zero attached hydrogens (tertiary/aromatic N) is 4. The average Bonchev–Trinajstić information content (AvgIpc) is 3.89. The van der Waals surface area contributed by atoms with Gasteiger partial charge in [0.25, 0.3) is 5.79 Å². The number of rotatable bonds is 7. The van der Waals surface area contributed by atoms with E-state index in [-0.39, 0.29) is 0 Å². The fraction of sp³-hybridized carbons (Fsp3) is 0.0294. The summed E-state index contributed by atoms with van der Waals surface area (Å²) < 4.78 is 25.6. The van der Waals surface area contributed by atoms with Crippen molar-refractivity contribution < 1.29 is 17.7 Å². The van der Waals surface area contributed by atoms with Crippen LogP contribution in [0.15, 0.2) is 150 Å². The third kappa shape index (κ3) is 4.11. The van der Waals surface area contributed by atoms with Crippen molar-refractivity contribution in [3.63, 3.8) is 0 Å². The van der Waals surface area contributed by atoms with Crippen molar-refractivity contribution in [1.29, 1.82) is 0 Å². The van der Waals surface area contributed by atoms with Gasteiger partial charge in [-0.1, -0.05) is 53.5 Å². The third-order valence-electron chi connectivity index (χ3n) is 7.32. The smallest absolute Gasteiger partial charge is 0.263 e. The van der Waals surface area contributed by atoms with E-state index in [0.29, 0.717) is 72.8 Å². The van der Waals surface area contributed by atoms with Crippen LogP contribution in [0.5, 0.6) is 0 Å². The Hall–Kier alpha value is -5.31. The first-order chi connectivity index (χ1) is 21.6. The van der Waals surface area contributed by atoms with Gasteiger partial charge in [0, 0.05) is 11.1 Å². The van der Waals surface area contributed by atoms with Gasteiger partial charge in [-0.2, -0.15) is 0 Å². The van der Waals surface area contributed by atoms with Crippen LogP contribution in [0.25, 0.3) is 34.3 Å². The van der Waals surface area contributed by atoms with Gasteiger partial charge in [0.15, 0.2) is 23.0 Å². The first-order valence-electron chi connectivity index (χ1n) is 13.6. The molecule has 0 bridgehead atoms. The molecule has 2 aromatic carbocycles. The van der Waals surface area contributed by atoms with E-state index in [1.165, 1.54) is 0 Å². The first-order valence-corrected chi connectivity index (χ1v) is 14.4. The van der Waals surface area contributed by atoms with E-state index in [0.717, 1.165) is 0 Å². The van der Waals surface area contributed by atoms with E-state index in [1.54, 1.807) is 61.5 Å². The molecule has 8 rings (SSSR count). The van der Waals surface area contributed by atoms with Gasteiger partial charge in [-0.15, -0.1) is 0 Å². The van der Waals surface area contributed by atoms with Gasteiger partial charge in [-0.3, -0.25) is 4.57 Å². The molecule has 7 aromatic rings. The molecule has 0 atom stereocenters. The summed E-state index contributed by atoms with van der Waals surface area (Å²) in [6.45, 7) is 0. The van der Waals surface area contributed by atoms with Crippen LogP contribution in [-0.4, -0.2) is 21.0 Å². The molecule has 0 amide bonds. The SMILES string of the molecule is Clc1ccccc1-c1nc(-c2ccco2)c(-c2ccco2)n1C1(c2ccccc2Cl)N=C(c2ccco2)C(c2ccco2)=N1. The summed E-state index contributed by atoms with van der Waals surface area (Å²) in [5.41, 5.74) is 3.20. The average molecular weight is 619 g/mol. The van der Waals surface area contributed by atoms with Crippen LogP contribution in [-0.2, 0) is 5.79 Å². The largest absolute Gasteiger partial charge is 0.463 e. The zero-order valence-corrected chi connectivity index (χ0v) is 24.2. The lowest BCUT2D eigenvalue weighted by Crippen LogP contribution is -2.31. The molecule has 5 aromatic heterocycles. The molecule has 0 N–H and O–H groups in total. The summed E-state index contributed by atoms with van der Waals surface area (Å²) in [5, 5.41) is 0.914. The highest BCUT2D eigenvalue weighted by molar-refractivity contribution is 6.53. The molecule has 0 fully saturated rings. The molecule has 1 aliphatic heterocycles. The number of imidazole rings is 1. The Morgan fingerprint density at radius 1 is 0.545 bits per heavy atom. The molecular weight excluding hydrogens is 599 g/mol. The van der Waals surface area contributed by atoms with Crippen LogP contribution in [0.4, 0.5) is 0 Å². The Morgan fingerprint density at radius 3 is 1.61 bits per heavy atom. The van der Waals surface area contributed by atoms with Gasteiger partial charge in [0.1, 0.15) is 28.6 Å². The second-order valence-electron chi connectivity index (χ2n) is 9.89. The zero-order valence-electron chi connectivity index (χ0n) is 22.7. The molecule has 0 unspecified atom stereocenters. The van der Waals surface area contributed by atoms with Gasteiger partial charge < -0.3 is 17.7 Å². The van der Waals surface area contributed by atoms with E-state index < -0.39 is 5.79 Å². The van der Waals surface area contributed by atoms with E-state index in [4.69, 9.17) is 55.8 Å². The maximum absolute atomic E-state index is 7.02. The molecule has 0 radical (unpaired) electrons. The van der Waals surface area contributed by atoms with Gasteiger partial charge in [-0.05, 0) is 66.7 Å². The normalized spacial score (nSPS) is 14.1. The minimum Gasteiger partial charge on any atom is -0.463 e. The molecule has 0 saturated heterocycles. The third-order valence-corrected chi connectivity index (χ3v) is 7.98. The molecule has 6 heterocycles. The lowest BCUT2D eigenvalue weighted by atomic mass is 10.1. The van der Waals surface area contributed by atoms with Crippen LogP contribution in [0, 0.1) is 0 Å². The van der Waals surface area contributed by atoms with Gasteiger partial charge in [0.2, 0.25) is 0 Å². The number of aliphatic imine (C=N–C) groups is 2. The van der Waals surface area contributed by atoms with E-state index in [1.807, 2.05) is 65.2 Å². The number of hydrogen-bond donors (Lipinski definition) is 0. The Kier molecular flexibility index (Phi) is 6.25. The van der Waals surface area contributed by atoms with Crippen molar-refractivity contribution >= 4 is 34.6 Å². The molecule has 0 spiro atoms. The molecule has 0 saturated carbocycles. The molecular formula is C34H20Cl2N4O4. The maximum atomic E-state index is 7.02. The van der Waals surface area contributed by atoms with Gasteiger partial charge in [-0.25, -0.2) is 15.0 Å². The quantitative estimate of drug-likeness (QED) is 0.177. The Bertz CT molecular complexity index is 2090. The summed E-state index contributed by atoms with van der Waals surface area (Å²) >= 11 is 13.9. The van der Waals surface area contributed by atoms with Crippen molar-refractivity contribution in [2.24, 2.45) is 9.98 Å². The molecule has 10 heteroatoms. The Labute approximate surface area is 260 Å². The van der Waals surface area contributed by atoms with Crippen molar-refractivity contribution in [3.8, 4) is 34.3 Å². The minimum atomic E-state index is -1.57. The van der Waals surface area contributed by atoms with Crippen LogP contribution >= 0.6 is 23.2 Å². The summed E-state index contributed by atoms with van der Waals surface area (Å²) in [6, 6.07) is 29.4. The number of halogens is 2. The predicted molar refractivity (Wildman–Crippen MR) is 167 cm³/mol. The Balaban J connectivity index is 1.57. The molecule has 0 aliphatic carbocycles. The second-order valence-corrected chi connectivity index (χ2v) is 10.7. The van der Waals surface area contributed by atoms with E-state index in [9.17, 15) is 0 Å². The van der Waals surface area contributed by atoms with Crippen molar-refractivity contribution in [1.82, 2.24) is 9.55 Å². The summed E-state index contributed by atoms with van der Waals surface area (Å²) in [7, 11) is 0. The van der Waals surface area contributed by atoms with Gasteiger partial charge >= 0.3 is 0 Å². The van der Waals surface area contributed by atoms with Crippen LogP contribution < -0.4 is 0 Å².